The molecule has 1 aliphatic carbocycles. The average Bonchev–Trinajstić information content (AvgIpc) is 3.14. The number of hydrogen-bond acceptors (Lipinski definition) is 3. The van der Waals surface area contributed by atoms with E-state index in [2.05, 4.69) is 16.4 Å². The number of carbonyl (C=O) groups excluding carboxylic acids is 1. The molecule has 1 saturated carbocycles. The second kappa shape index (κ2) is 4.52. The van der Waals surface area contributed by atoms with Crippen molar-refractivity contribution in [2.75, 3.05) is 0 Å². The minimum Gasteiger partial charge on any atom is -0.352 e. The minimum atomic E-state index is -0.0399. The zero-order valence-electron chi connectivity index (χ0n) is 10.1. The molecule has 1 aromatic heterocycles. The Morgan fingerprint density at radius 2 is 2.37 bits per heavy atom. The lowest BCUT2D eigenvalue weighted by atomic mass is 10.2. The van der Waals surface area contributed by atoms with Gasteiger partial charge in [0, 0.05) is 6.04 Å². The first kappa shape index (κ1) is 11.9. The molecule has 1 aromatic carbocycles. The maximum atomic E-state index is 11.9. The molecular formula is C13H12N4OS. The zero-order valence-corrected chi connectivity index (χ0v) is 11.0. The fraction of sp³-hybridized carbons (Fsp3) is 0.308. The van der Waals surface area contributed by atoms with E-state index in [-0.39, 0.29) is 12.5 Å². The molecule has 0 radical (unpaired) electrons. The lowest BCUT2D eigenvalue weighted by molar-refractivity contribution is -0.121. The Bertz CT molecular complexity index is 748. The maximum Gasteiger partial charge on any atom is 0.240 e. The van der Waals surface area contributed by atoms with Gasteiger partial charge >= 0.3 is 0 Å². The van der Waals surface area contributed by atoms with Crippen LogP contribution >= 0.6 is 12.2 Å². The molecule has 5 nitrogen and oxygen atoms in total. The van der Waals surface area contributed by atoms with E-state index in [1.807, 2.05) is 6.07 Å². The molecule has 2 N–H and O–H groups in total. The number of aromatic nitrogens is 2. The topological polar surface area (TPSA) is 73.6 Å². The van der Waals surface area contributed by atoms with Crippen LogP contribution in [-0.4, -0.2) is 21.5 Å². The Morgan fingerprint density at radius 3 is 3.05 bits per heavy atom. The van der Waals surface area contributed by atoms with Crippen LogP contribution in [0.1, 0.15) is 18.4 Å². The summed E-state index contributed by atoms with van der Waals surface area (Å²) in [5.41, 5.74) is 2.01. The van der Waals surface area contributed by atoms with Gasteiger partial charge < -0.3 is 14.9 Å². The summed E-state index contributed by atoms with van der Waals surface area (Å²) >= 11 is 5.23. The van der Waals surface area contributed by atoms with Gasteiger partial charge in [-0.3, -0.25) is 4.79 Å². The van der Waals surface area contributed by atoms with Gasteiger partial charge in [0.1, 0.15) is 12.6 Å². The summed E-state index contributed by atoms with van der Waals surface area (Å²) in [5.74, 6) is -0.0399. The van der Waals surface area contributed by atoms with Gasteiger partial charge in [0.15, 0.2) is 4.77 Å². The molecule has 0 bridgehead atoms. The predicted octanol–water partition coefficient (Wildman–Crippen LogP) is 1.85. The molecular weight excluding hydrogens is 260 g/mol. The maximum absolute atomic E-state index is 11.9. The highest BCUT2D eigenvalue weighted by molar-refractivity contribution is 7.71. The minimum absolute atomic E-state index is 0.0399. The van der Waals surface area contributed by atoms with Gasteiger partial charge in [0.05, 0.1) is 16.6 Å². The van der Waals surface area contributed by atoms with Crippen LogP contribution in [0, 0.1) is 16.1 Å². The number of benzene rings is 1. The van der Waals surface area contributed by atoms with E-state index in [9.17, 15) is 4.79 Å². The normalized spacial score (nSPS) is 14.3. The highest BCUT2D eigenvalue weighted by Crippen LogP contribution is 2.20. The molecule has 6 heteroatoms. The SMILES string of the molecule is N#Cc1cccc2c1[nH]c(=S)n2CC(=O)NC1CC1. The number of nitrogens with one attached hydrogen (secondary N) is 2. The van der Waals surface area contributed by atoms with E-state index >= 15 is 0 Å². The molecule has 96 valence electrons. The molecule has 0 atom stereocenters. The van der Waals surface area contributed by atoms with Crippen LogP contribution in [0.5, 0.6) is 0 Å². The molecule has 0 saturated heterocycles. The molecule has 1 heterocycles. The number of aromatic amines is 1. The fourth-order valence-electron chi connectivity index (χ4n) is 2.07. The molecule has 2 aromatic rings. The Balaban J connectivity index is 1.98. The number of para-hydroxylation sites is 1. The van der Waals surface area contributed by atoms with Crippen molar-refractivity contribution >= 4 is 29.2 Å². The Morgan fingerprint density at radius 1 is 1.58 bits per heavy atom. The van der Waals surface area contributed by atoms with Gasteiger partial charge in [0.25, 0.3) is 0 Å². The number of nitriles is 1. The number of imidazole rings is 1. The highest BCUT2D eigenvalue weighted by atomic mass is 32.1. The van der Waals surface area contributed by atoms with Crippen LogP contribution in [0.4, 0.5) is 0 Å². The molecule has 0 unspecified atom stereocenters. The van der Waals surface area contributed by atoms with E-state index < -0.39 is 0 Å². The van der Waals surface area contributed by atoms with Crippen LogP contribution in [0.3, 0.4) is 0 Å². The third-order valence-corrected chi connectivity index (χ3v) is 3.50. The molecule has 1 aliphatic rings. The summed E-state index contributed by atoms with van der Waals surface area (Å²) in [7, 11) is 0. The zero-order chi connectivity index (χ0) is 13.4. The first-order chi connectivity index (χ1) is 9.19. The van der Waals surface area contributed by atoms with E-state index in [1.54, 1.807) is 16.7 Å². The van der Waals surface area contributed by atoms with Crippen LogP contribution in [0.15, 0.2) is 18.2 Å². The number of rotatable bonds is 3. The van der Waals surface area contributed by atoms with E-state index in [0.29, 0.717) is 21.9 Å². The van der Waals surface area contributed by atoms with Gasteiger partial charge in [-0.25, -0.2) is 0 Å². The molecule has 1 fully saturated rings. The van der Waals surface area contributed by atoms with Crippen LogP contribution < -0.4 is 5.32 Å². The van der Waals surface area contributed by atoms with Gasteiger partial charge in [-0.2, -0.15) is 5.26 Å². The Hall–Kier alpha value is -2.13. The lowest BCUT2D eigenvalue weighted by Crippen LogP contribution is -2.29. The summed E-state index contributed by atoms with van der Waals surface area (Å²) in [6.45, 7) is 0.185. The number of fused-ring (bicyclic) bond motifs is 1. The van der Waals surface area contributed by atoms with Crippen LogP contribution in [0.25, 0.3) is 11.0 Å². The number of nitrogens with zero attached hydrogens (tertiary/aromatic N) is 2. The average molecular weight is 272 g/mol. The Labute approximate surface area is 114 Å². The van der Waals surface area contributed by atoms with Crippen molar-refractivity contribution in [3.05, 3.63) is 28.5 Å². The molecule has 0 spiro atoms. The predicted molar refractivity (Wildman–Crippen MR) is 73.0 cm³/mol. The fourth-order valence-corrected chi connectivity index (χ4v) is 2.34. The highest BCUT2D eigenvalue weighted by Gasteiger charge is 2.23. The second-order valence-electron chi connectivity index (χ2n) is 4.67. The van der Waals surface area contributed by atoms with E-state index in [1.165, 1.54) is 0 Å². The van der Waals surface area contributed by atoms with Crippen molar-refractivity contribution in [3.63, 3.8) is 0 Å². The standard InChI is InChI=1S/C13H12N4OS/c14-6-8-2-1-3-10-12(8)16-13(19)17(10)7-11(18)15-9-4-5-9/h1-3,9H,4-5,7H2,(H,15,18)(H,16,19). The third-order valence-electron chi connectivity index (χ3n) is 3.17. The number of H-pyrrole nitrogens is 1. The van der Waals surface area contributed by atoms with E-state index in [0.717, 1.165) is 18.4 Å². The summed E-state index contributed by atoms with van der Waals surface area (Å²) in [6, 6.07) is 7.82. The van der Waals surface area contributed by atoms with Crippen LogP contribution in [-0.2, 0) is 11.3 Å². The molecule has 19 heavy (non-hydrogen) atoms. The monoisotopic (exact) mass is 272 g/mol. The van der Waals surface area contributed by atoms with Crippen LogP contribution in [0.2, 0.25) is 0 Å². The number of carbonyl (C=O) groups is 1. The van der Waals surface area contributed by atoms with Gasteiger partial charge in [0.2, 0.25) is 5.91 Å². The first-order valence-corrected chi connectivity index (χ1v) is 6.51. The first-order valence-electron chi connectivity index (χ1n) is 6.10. The van der Waals surface area contributed by atoms with E-state index in [4.69, 9.17) is 17.5 Å². The summed E-state index contributed by atoms with van der Waals surface area (Å²) in [5, 5.41) is 12.0. The van der Waals surface area contributed by atoms with Crippen molar-refractivity contribution in [1.29, 1.82) is 5.26 Å². The molecule has 0 aliphatic heterocycles. The van der Waals surface area contributed by atoms with Crippen molar-refractivity contribution in [1.82, 2.24) is 14.9 Å². The summed E-state index contributed by atoms with van der Waals surface area (Å²) in [4.78, 5) is 14.9. The number of amides is 1. The van der Waals surface area contributed by atoms with Gasteiger partial charge in [-0.05, 0) is 37.2 Å². The van der Waals surface area contributed by atoms with Crippen molar-refractivity contribution in [2.24, 2.45) is 0 Å². The van der Waals surface area contributed by atoms with Gasteiger partial charge in [-0.15, -0.1) is 0 Å². The van der Waals surface area contributed by atoms with Crippen molar-refractivity contribution < 1.29 is 4.79 Å². The Kier molecular flexibility index (Phi) is 2.84. The number of hydrogen-bond donors (Lipinski definition) is 2. The molecule has 3 rings (SSSR count). The smallest absolute Gasteiger partial charge is 0.240 e. The molecule has 1 amide bonds. The lowest BCUT2D eigenvalue weighted by Gasteiger charge is -2.05. The summed E-state index contributed by atoms with van der Waals surface area (Å²) < 4.78 is 2.19. The largest absolute Gasteiger partial charge is 0.352 e. The summed E-state index contributed by atoms with van der Waals surface area (Å²) in [6.07, 6.45) is 2.12. The quantitative estimate of drug-likeness (QED) is 0.837. The van der Waals surface area contributed by atoms with Gasteiger partial charge in [-0.1, -0.05) is 6.07 Å². The van der Waals surface area contributed by atoms with Crippen molar-refractivity contribution in [2.45, 2.75) is 25.4 Å². The second-order valence-corrected chi connectivity index (χ2v) is 5.06. The van der Waals surface area contributed by atoms with Crippen molar-refractivity contribution in [3.8, 4) is 6.07 Å². The third kappa shape index (κ3) is 2.25.